The first-order valence-electron chi connectivity index (χ1n) is 9.50. The smallest absolute Gasteiger partial charge is 0.201 e. The zero-order valence-electron chi connectivity index (χ0n) is 16.0. The third kappa shape index (κ3) is 3.34. The van der Waals surface area contributed by atoms with Gasteiger partial charge in [-0.25, -0.2) is 17.6 Å². The Morgan fingerprint density at radius 3 is 2.34 bits per heavy atom. The van der Waals surface area contributed by atoms with Gasteiger partial charge in [-0.1, -0.05) is 12.1 Å². The van der Waals surface area contributed by atoms with Crippen LogP contribution in [-0.2, 0) is 19.3 Å². The van der Waals surface area contributed by atoms with Crippen LogP contribution in [0.2, 0.25) is 0 Å². The van der Waals surface area contributed by atoms with Crippen LogP contribution in [0.1, 0.15) is 35.6 Å². The fraction of sp³-hybridized carbons (Fsp3) is 0.304. The summed E-state index contributed by atoms with van der Waals surface area (Å²) in [7, 11) is 0. The van der Waals surface area contributed by atoms with Crippen molar-refractivity contribution in [2.24, 2.45) is 0 Å². The van der Waals surface area contributed by atoms with E-state index >= 15 is 0 Å². The molecular weight excluding hydrogens is 387 g/mol. The van der Waals surface area contributed by atoms with E-state index in [0.717, 1.165) is 0 Å². The van der Waals surface area contributed by atoms with E-state index in [1.165, 1.54) is 25.1 Å². The minimum absolute atomic E-state index is 0.0170. The van der Waals surface area contributed by atoms with Crippen molar-refractivity contribution in [3.63, 3.8) is 0 Å². The molecule has 0 radical (unpaired) electrons. The number of aryl methyl sites for hydroxylation is 4. The lowest BCUT2D eigenvalue weighted by Gasteiger charge is -2.24. The molecule has 0 fully saturated rings. The largest absolute Gasteiger partial charge is 0.487 e. The molecule has 1 unspecified atom stereocenters. The first-order chi connectivity index (χ1) is 13.8. The Morgan fingerprint density at radius 1 is 0.862 bits per heavy atom. The van der Waals surface area contributed by atoms with E-state index in [-0.39, 0.29) is 46.8 Å². The summed E-state index contributed by atoms with van der Waals surface area (Å²) in [5.41, 5.74) is 0.890. The predicted octanol–water partition coefficient (Wildman–Crippen LogP) is 6.34. The van der Waals surface area contributed by atoms with Gasteiger partial charge in [-0.15, -0.1) is 0 Å². The van der Waals surface area contributed by atoms with Crippen LogP contribution >= 0.6 is 0 Å². The lowest BCUT2D eigenvalue weighted by molar-refractivity contribution is 0.180. The van der Waals surface area contributed by atoms with Gasteiger partial charge in [0.05, 0.1) is 11.5 Å². The fourth-order valence-electron chi connectivity index (χ4n) is 3.85. The maximum Gasteiger partial charge on any atom is 0.201 e. The summed E-state index contributed by atoms with van der Waals surface area (Å²) in [5, 5.41) is -0.176. The van der Waals surface area contributed by atoms with E-state index in [2.05, 4.69) is 0 Å². The molecule has 0 bridgehead atoms. The summed E-state index contributed by atoms with van der Waals surface area (Å²) in [6, 6.07) is 5.89. The van der Waals surface area contributed by atoms with Crippen LogP contribution in [0.3, 0.4) is 0 Å². The summed E-state index contributed by atoms with van der Waals surface area (Å²) >= 11 is 0. The average Bonchev–Trinajstić information content (AvgIpc) is 2.69. The SMILES string of the molecule is Cc1cc2ccc(CCc3cc4c(c(F)c3F)OC(C)CC4)c(F)c2c(F)c1F. The van der Waals surface area contributed by atoms with Gasteiger partial charge < -0.3 is 4.74 Å². The van der Waals surface area contributed by atoms with Gasteiger partial charge >= 0.3 is 0 Å². The minimum atomic E-state index is -1.24. The van der Waals surface area contributed by atoms with Crippen LogP contribution in [0.4, 0.5) is 22.0 Å². The highest BCUT2D eigenvalue weighted by atomic mass is 19.2. The zero-order valence-corrected chi connectivity index (χ0v) is 16.0. The van der Waals surface area contributed by atoms with E-state index in [1.807, 2.05) is 0 Å². The monoisotopic (exact) mass is 406 g/mol. The van der Waals surface area contributed by atoms with E-state index in [4.69, 9.17) is 4.74 Å². The number of ether oxygens (including phenoxy) is 1. The van der Waals surface area contributed by atoms with Gasteiger partial charge in [0.2, 0.25) is 5.82 Å². The Labute approximate surface area is 165 Å². The summed E-state index contributed by atoms with van der Waals surface area (Å²) in [6.07, 6.45) is 1.11. The van der Waals surface area contributed by atoms with Crippen molar-refractivity contribution in [2.75, 3.05) is 0 Å². The van der Waals surface area contributed by atoms with E-state index in [1.54, 1.807) is 13.0 Å². The fourth-order valence-corrected chi connectivity index (χ4v) is 3.85. The van der Waals surface area contributed by atoms with Crippen LogP contribution in [0.25, 0.3) is 10.8 Å². The second-order valence-electron chi connectivity index (χ2n) is 7.58. The van der Waals surface area contributed by atoms with E-state index in [9.17, 15) is 22.0 Å². The topological polar surface area (TPSA) is 9.23 Å². The number of fused-ring (bicyclic) bond motifs is 2. The molecule has 1 aliphatic rings. The van der Waals surface area contributed by atoms with Crippen LogP contribution in [0.15, 0.2) is 24.3 Å². The molecule has 1 nitrogen and oxygen atoms in total. The summed E-state index contributed by atoms with van der Waals surface area (Å²) < 4.78 is 77.3. The Hall–Kier alpha value is -2.63. The van der Waals surface area contributed by atoms with Crippen molar-refractivity contribution in [3.8, 4) is 5.75 Å². The highest BCUT2D eigenvalue weighted by Crippen LogP contribution is 2.34. The van der Waals surface area contributed by atoms with Crippen LogP contribution in [0, 0.1) is 36.0 Å². The third-order valence-corrected chi connectivity index (χ3v) is 5.50. The summed E-state index contributed by atoms with van der Waals surface area (Å²) in [6.45, 7) is 3.20. The van der Waals surface area contributed by atoms with Gasteiger partial charge in [0.15, 0.2) is 23.2 Å². The second kappa shape index (κ2) is 7.32. The van der Waals surface area contributed by atoms with E-state index < -0.39 is 34.5 Å². The molecule has 0 aromatic heterocycles. The lowest BCUT2D eigenvalue weighted by atomic mass is 9.95. The zero-order chi connectivity index (χ0) is 20.9. The molecule has 0 spiro atoms. The molecule has 0 N–H and O–H groups in total. The molecule has 0 aliphatic carbocycles. The number of benzene rings is 3. The molecule has 1 atom stereocenters. The molecular formula is C23H19F5O. The maximum atomic E-state index is 14.8. The first-order valence-corrected chi connectivity index (χ1v) is 9.50. The lowest BCUT2D eigenvalue weighted by Crippen LogP contribution is -2.21. The minimum Gasteiger partial charge on any atom is -0.487 e. The molecule has 3 aromatic carbocycles. The molecule has 0 amide bonds. The average molecular weight is 406 g/mol. The van der Waals surface area contributed by atoms with Gasteiger partial charge in [-0.05, 0) is 79.3 Å². The normalized spacial score (nSPS) is 16.0. The molecule has 0 saturated carbocycles. The highest BCUT2D eigenvalue weighted by molar-refractivity contribution is 5.85. The predicted molar refractivity (Wildman–Crippen MR) is 101 cm³/mol. The number of hydrogen-bond donors (Lipinski definition) is 0. The van der Waals surface area contributed by atoms with Crippen molar-refractivity contribution in [2.45, 2.75) is 45.6 Å². The molecule has 29 heavy (non-hydrogen) atoms. The molecule has 1 heterocycles. The quantitative estimate of drug-likeness (QED) is 0.461. The van der Waals surface area contributed by atoms with Crippen molar-refractivity contribution < 1.29 is 26.7 Å². The third-order valence-electron chi connectivity index (χ3n) is 5.50. The highest BCUT2D eigenvalue weighted by Gasteiger charge is 2.25. The van der Waals surface area contributed by atoms with Gasteiger partial charge in [-0.2, -0.15) is 4.39 Å². The summed E-state index contributed by atoms with van der Waals surface area (Å²) in [4.78, 5) is 0. The van der Waals surface area contributed by atoms with Gasteiger partial charge in [-0.3, -0.25) is 0 Å². The van der Waals surface area contributed by atoms with Crippen LogP contribution in [0.5, 0.6) is 5.75 Å². The molecule has 152 valence electrons. The number of hydrogen-bond acceptors (Lipinski definition) is 1. The Morgan fingerprint density at radius 2 is 1.59 bits per heavy atom. The van der Waals surface area contributed by atoms with Crippen molar-refractivity contribution in [1.82, 2.24) is 0 Å². The Kier molecular flexibility index (Phi) is 4.97. The molecule has 1 aliphatic heterocycles. The second-order valence-corrected chi connectivity index (χ2v) is 7.58. The van der Waals surface area contributed by atoms with Crippen LogP contribution < -0.4 is 4.74 Å². The first kappa shape index (κ1) is 19.7. The molecule has 6 heteroatoms. The van der Waals surface area contributed by atoms with Crippen LogP contribution in [-0.4, -0.2) is 6.10 Å². The van der Waals surface area contributed by atoms with Gasteiger partial charge in [0, 0.05) is 0 Å². The number of halogens is 5. The molecule has 4 rings (SSSR count). The van der Waals surface area contributed by atoms with Crippen molar-refractivity contribution in [1.29, 1.82) is 0 Å². The van der Waals surface area contributed by atoms with E-state index in [0.29, 0.717) is 18.4 Å². The number of rotatable bonds is 3. The van der Waals surface area contributed by atoms with Crippen molar-refractivity contribution >= 4 is 10.8 Å². The standard InChI is InChI=1S/C23H19F5O/c1-11-9-14-7-5-13(19(25)17(14)21(27)18(11)24)6-8-15-10-16-4-3-12(2)29-23(16)22(28)20(15)26/h5,7,9-10,12H,3-4,6,8H2,1-2H3. The molecule has 0 saturated heterocycles. The Balaban J connectivity index is 1.67. The van der Waals surface area contributed by atoms with Gasteiger partial charge in [0.1, 0.15) is 5.82 Å². The maximum absolute atomic E-state index is 14.8. The Bertz CT molecular complexity index is 1120. The van der Waals surface area contributed by atoms with Crippen molar-refractivity contribution in [3.05, 3.63) is 75.6 Å². The summed E-state index contributed by atoms with van der Waals surface area (Å²) in [5.74, 6) is -5.33. The molecule has 3 aromatic rings. The van der Waals surface area contributed by atoms with Gasteiger partial charge in [0.25, 0.3) is 0 Å².